The average Bonchev–Trinajstić information content (AvgIpc) is 3.02. The number of aliphatic hydroxyl groups excluding tert-OH is 1. The second kappa shape index (κ2) is 8.39. The van der Waals surface area contributed by atoms with Gasteiger partial charge in [0, 0.05) is 38.3 Å². The molecule has 2 atom stereocenters. The number of hydrogen-bond donors (Lipinski definition) is 1. The summed E-state index contributed by atoms with van der Waals surface area (Å²) in [6, 6.07) is 7.34. The van der Waals surface area contributed by atoms with Crippen LogP contribution in [0.15, 0.2) is 18.2 Å². The Morgan fingerprint density at radius 3 is 2.80 bits per heavy atom. The molecule has 0 spiro atoms. The highest BCUT2D eigenvalue weighted by molar-refractivity contribution is 5.43. The van der Waals surface area contributed by atoms with E-state index in [1.165, 1.54) is 24.9 Å². The zero-order valence-corrected chi connectivity index (χ0v) is 15.8. The first-order valence-electron chi connectivity index (χ1n) is 9.53. The summed E-state index contributed by atoms with van der Waals surface area (Å²) in [5.41, 5.74) is 1.24. The standard InChI is InChI=1S/C20H32N2O3/c1-15(2)25-20-11-16(6-7-19(20)24-3)12-22-14-17-5-4-9-21(17)13-18(22)8-10-23/h6-7,11,15,17-18,23H,4-5,8-10,12-14H2,1-3H3/t17?,18-/m0/s1. The first kappa shape index (κ1) is 18.5. The molecule has 2 fully saturated rings. The molecule has 0 saturated carbocycles. The van der Waals surface area contributed by atoms with E-state index in [-0.39, 0.29) is 12.7 Å². The number of rotatable bonds is 7. The second-order valence-electron chi connectivity index (χ2n) is 7.54. The molecule has 25 heavy (non-hydrogen) atoms. The van der Waals surface area contributed by atoms with Crippen LogP contribution in [0.4, 0.5) is 0 Å². The maximum atomic E-state index is 9.47. The molecule has 2 saturated heterocycles. The number of methoxy groups -OCH3 is 1. The van der Waals surface area contributed by atoms with Gasteiger partial charge in [-0.25, -0.2) is 0 Å². The molecule has 1 N–H and O–H groups in total. The van der Waals surface area contributed by atoms with E-state index in [1.807, 2.05) is 19.9 Å². The summed E-state index contributed by atoms with van der Waals surface area (Å²) in [6.07, 6.45) is 3.56. The minimum atomic E-state index is 0.119. The van der Waals surface area contributed by atoms with Crippen molar-refractivity contribution >= 4 is 0 Å². The largest absolute Gasteiger partial charge is 0.493 e. The van der Waals surface area contributed by atoms with Crippen LogP contribution < -0.4 is 9.47 Å². The lowest BCUT2D eigenvalue weighted by Gasteiger charge is -2.43. The summed E-state index contributed by atoms with van der Waals surface area (Å²) >= 11 is 0. The normalized spacial score (nSPS) is 24.5. The topological polar surface area (TPSA) is 45.2 Å². The van der Waals surface area contributed by atoms with Gasteiger partial charge in [-0.15, -0.1) is 0 Å². The van der Waals surface area contributed by atoms with Crippen LogP contribution in [-0.4, -0.2) is 66.4 Å². The maximum Gasteiger partial charge on any atom is 0.161 e. The monoisotopic (exact) mass is 348 g/mol. The van der Waals surface area contributed by atoms with Crippen molar-refractivity contribution in [2.24, 2.45) is 0 Å². The summed E-state index contributed by atoms with van der Waals surface area (Å²) in [6.45, 7) is 8.60. The van der Waals surface area contributed by atoms with Gasteiger partial charge in [-0.2, -0.15) is 0 Å². The Bertz CT molecular complexity index is 564. The van der Waals surface area contributed by atoms with E-state index in [0.717, 1.165) is 37.6 Å². The third kappa shape index (κ3) is 4.46. The summed E-state index contributed by atoms with van der Waals surface area (Å²) in [5.74, 6) is 1.60. The fourth-order valence-electron chi connectivity index (χ4n) is 4.16. The van der Waals surface area contributed by atoms with Gasteiger partial charge >= 0.3 is 0 Å². The van der Waals surface area contributed by atoms with Crippen LogP contribution in [0, 0.1) is 0 Å². The molecule has 0 amide bonds. The van der Waals surface area contributed by atoms with E-state index >= 15 is 0 Å². The van der Waals surface area contributed by atoms with Crippen LogP contribution >= 0.6 is 0 Å². The zero-order valence-electron chi connectivity index (χ0n) is 15.8. The molecule has 0 bridgehead atoms. The molecule has 3 rings (SSSR count). The fraction of sp³-hybridized carbons (Fsp3) is 0.700. The summed E-state index contributed by atoms with van der Waals surface area (Å²) in [4.78, 5) is 5.15. The summed E-state index contributed by atoms with van der Waals surface area (Å²) < 4.78 is 11.3. The Kier molecular flexibility index (Phi) is 6.20. The van der Waals surface area contributed by atoms with Crippen molar-refractivity contribution in [1.29, 1.82) is 0 Å². The number of fused-ring (bicyclic) bond motifs is 1. The van der Waals surface area contributed by atoms with E-state index in [4.69, 9.17) is 9.47 Å². The maximum absolute atomic E-state index is 9.47. The molecular weight excluding hydrogens is 316 g/mol. The van der Waals surface area contributed by atoms with Crippen LogP contribution in [0.1, 0.15) is 38.7 Å². The summed E-state index contributed by atoms with van der Waals surface area (Å²) in [5, 5.41) is 9.47. The van der Waals surface area contributed by atoms with Crippen LogP contribution in [0.25, 0.3) is 0 Å². The predicted octanol–water partition coefficient (Wildman–Crippen LogP) is 2.51. The van der Waals surface area contributed by atoms with Crippen molar-refractivity contribution in [3.8, 4) is 11.5 Å². The van der Waals surface area contributed by atoms with Crippen molar-refractivity contribution in [2.45, 2.75) is 57.8 Å². The Labute approximate surface area is 151 Å². The molecule has 1 aromatic carbocycles. The number of piperazine rings is 1. The van der Waals surface area contributed by atoms with E-state index in [0.29, 0.717) is 12.1 Å². The van der Waals surface area contributed by atoms with Crippen LogP contribution in [0.5, 0.6) is 11.5 Å². The third-order valence-corrected chi connectivity index (χ3v) is 5.34. The van der Waals surface area contributed by atoms with Gasteiger partial charge in [0.05, 0.1) is 13.2 Å². The highest BCUT2D eigenvalue weighted by Gasteiger charge is 2.35. The molecule has 5 nitrogen and oxygen atoms in total. The van der Waals surface area contributed by atoms with E-state index in [2.05, 4.69) is 21.9 Å². The number of ether oxygens (including phenoxy) is 2. The van der Waals surface area contributed by atoms with Gasteiger partial charge in [-0.05, 0) is 57.4 Å². The van der Waals surface area contributed by atoms with Crippen molar-refractivity contribution in [3.63, 3.8) is 0 Å². The molecule has 5 heteroatoms. The van der Waals surface area contributed by atoms with Gasteiger partial charge in [0.1, 0.15) is 0 Å². The number of benzene rings is 1. The number of aliphatic hydroxyl groups is 1. The molecular formula is C20H32N2O3. The van der Waals surface area contributed by atoms with Gasteiger partial charge in [0.25, 0.3) is 0 Å². The van der Waals surface area contributed by atoms with Gasteiger partial charge in [-0.3, -0.25) is 9.80 Å². The van der Waals surface area contributed by atoms with Gasteiger partial charge in [-0.1, -0.05) is 6.07 Å². The van der Waals surface area contributed by atoms with Crippen molar-refractivity contribution in [1.82, 2.24) is 9.80 Å². The molecule has 1 aromatic rings. The van der Waals surface area contributed by atoms with Crippen LogP contribution in [0.3, 0.4) is 0 Å². The lowest BCUT2D eigenvalue weighted by atomic mass is 10.0. The SMILES string of the molecule is COc1ccc(CN2CC3CCCN3C[C@@H]2CCO)cc1OC(C)C. The minimum absolute atomic E-state index is 0.119. The Balaban J connectivity index is 1.74. The smallest absolute Gasteiger partial charge is 0.161 e. The number of nitrogens with zero attached hydrogens (tertiary/aromatic N) is 2. The van der Waals surface area contributed by atoms with Crippen molar-refractivity contribution in [2.75, 3.05) is 33.4 Å². The van der Waals surface area contributed by atoms with Gasteiger partial charge in [0.2, 0.25) is 0 Å². The van der Waals surface area contributed by atoms with E-state index in [1.54, 1.807) is 7.11 Å². The van der Waals surface area contributed by atoms with E-state index < -0.39 is 0 Å². The van der Waals surface area contributed by atoms with Crippen molar-refractivity contribution in [3.05, 3.63) is 23.8 Å². The molecule has 2 aliphatic heterocycles. The first-order valence-corrected chi connectivity index (χ1v) is 9.53. The highest BCUT2D eigenvalue weighted by atomic mass is 16.5. The third-order valence-electron chi connectivity index (χ3n) is 5.34. The quantitative estimate of drug-likeness (QED) is 0.820. The van der Waals surface area contributed by atoms with E-state index in [9.17, 15) is 5.11 Å². The Morgan fingerprint density at radius 1 is 1.24 bits per heavy atom. The van der Waals surface area contributed by atoms with Crippen LogP contribution in [-0.2, 0) is 6.54 Å². The Hall–Kier alpha value is -1.30. The van der Waals surface area contributed by atoms with Gasteiger partial charge in [0.15, 0.2) is 11.5 Å². The minimum Gasteiger partial charge on any atom is -0.493 e. The zero-order chi connectivity index (χ0) is 17.8. The molecule has 0 aromatic heterocycles. The number of hydrogen-bond acceptors (Lipinski definition) is 5. The molecule has 140 valence electrons. The molecule has 2 heterocycles. The van der Waals surface area contributed by atoms with Crippen molar-refractivity contribution < 1.29 is 14.6 Å². The molecule has 0 radical (unpaired) electrons. The Morgan fingerprint density at radius 2 is 2.08 bits per heavy atom. The molecule has 1 unspecified atom stereocenters. The highest BCUT2D eigenvalue weighted by Crippen LogP contribution is 2.31. The predicted molar refractivity (Wildman–Crippen MR) is 99.3 cm³/mol. The molecule has 2 aliphatic rings. The van der Waals surface area contributed by atoms with Gasteiger partial charge < -0.3 is 14.6 Å². The average molecular weight is 348 g/mol. The second-order valence-corrected chi connectivity index (χ2v) is 7.54. The lowest BCUT2D eigenvalue weighted by molar-refractivity contribution is 0.0333. The molecule has 0 aliphatic carbocycles. The van der Waals surface area contributed by atoms with Crippen LogP contribution in [0.2, 0.25) is 0 Å². The summed E-state index contributed by atoms with van der Waals surface area (Å²) in [7, 11) is 1.68. The first-order chi connectivity index (χ1) is 12.1. The fourth-order valence-corrected chi connectivity index (χ4v) is 4.16. The lowest BCUT2D eigenvalue weighted by Crippen LogP contribution is -2.55.